The van der Waals surface area contributed by atoms with Crippen molar-refractivity contribution in [2.24, 2.45) is 0 Å². The summed E-state index contributed by atoms with van der Waals surface area (Å²) >= 11 is 0. The quantitative estimate of drug-likeness (QED) is 0.0651. The number of aliphatic hydroxyl groups is 1. The van der Waals surface area contributed by atoms with Crippen molar-refractivity contribution in [3.8, 4) is 17.2 Å². The van der Waals surface area contributed by atoms with Gasteiger partial charge in [-0.05, 0) is 90.6 Å². The van der Waals surface area contributed by atoms with Crippen LogP contribution in [-0.4, -0.2) is 49.1 Å². The van der Waals surface area contributed by atoms with Crippen LogP contribution in [0, 0.1) is 0 Å². The average molecular weight is 724 g/mol. The fourth-order valence-electron chi connectivity index (χ4n) is 5.90. The van der Waals surface area contributed by atoms with Gasteiger partial charge in [0, 0.05) is 29.1 Å². The first kappa shape index (κ1) is 38.6. The molecule has 4 aromatic carbocycles. The Morgan fingerprint density at radius 1 is 0.923 bits per heavy atom. The number of hydrogen-bond donors (Lipinski definition) is 5. The first-order valence-electron chi connectivity index (χ1n) is 17.8. The van der Waals surface area contributed by atoms with E-state index in [0.717, 1.165) is 39.6 Å². The molecule has 1 aromatic heterocycles. The molecule has 10 heteroatoms. The van der Waals surface area contributed by atoms with Gasteiger partial charge in [0.25, 0.3) is 5.91 Å². The Hall–Kier alpha value is -4.61. The second-order valence-electron chi connectivity index (χ2n) is 14.9. The lowest BCUT2D eigenvalue weighted by Gasteiger charge is -2.40. The van der Waals surface area contributed by atoms with Crippen molar-refractivity contribution >= 4 is 25.1 Å². The molecule has 0 aliphatic heterocycles. The lowest BCUT2D eigenvalue weighted by molar-refractivity contribution is 0.0946. The minimum atomic E-state index is -2.14. The predicted molar refractivity (Wildman–Crippen MR) is 209 cm³/mol. The van der Waals surface area contributed by atoms with Crippen molar-refractivity contribution in [3.63, 3.8) is 0 Å². The molecule has 0 saturated carbocycles. The van der Waals surface area contributed by atoms with Gasteiger partial charge in [-0.2, -0.15) is 0 Å². The Labute approximate surface area is 308 Å². The first-order valence-corrected chi connectivity index (χ1v) is 20.7. The van der Waals surface area contributed by atoms with E-state index in [0.29, 0.717) is 35.9 Å². The number of amides is 1. The van der Waals surface area contributed by atoms with Crippen molar-refractivity contribution in [1.29, 1.82) is 0 Å². The van der Waals surface area contributed by atoms with Gasteiger partial charge in [-0.15, -0.1) is 0 Å². The fourth-order valence-corrected chi connectivity index (χ4v) is 7.19. The molecule has 0 bridgehead atoms. The molecule has 5 rings (SSSR count). The summed E-state index contributed by atoms with van der Waals surface area (Å²) in [5.41, 5.74) is 5.73. The number of methoxy groups -OCH3 is 1. The van der Waals surface area contributed by atoms with Gasteiger partial charge in [-0.25, -0.2) is 0 Å². The molecule has 0 fully saturated rings. The number of aromatic nitrogens is 1. The Kier molecular flexibility index (Phi) is 12.5. The Balaban J connectivity index is 1.23. The number of carbonyl (C=O) groups is 1. The van der Waals surface area contributed by atoms with Gasteiger partial charge in [0.05, 0.1) is 31.9 Å². The van der Waals surface area contributed by atoms with Crippen LogP contribution in [0.25, 0.3) is 10.9 Å². The van der Waals surface area contributed by atoms with Crippen LogP contribution in [0.3, 0.4) is 0 Å². The van der Waals surface area contributed by atoms with Crippen LogP contribution < -0.4 is 20.1 Å². The first-order chi connectivity index (χ1) is 24.8. The maximum absolute atomic E-state index is 13.4. The van der Waals surface area contributed by atoms with E-state index in [1.807, 2.05) is 72.8 Å². The van der Waals surface area contributed by atoms with Gasteiger partial charge in [0.2, 0.25) is 0 Å². The molecule has 276 valence electrons. The minimum absolute atomic E-state index is 0.0175. The highest BCUT2D eigenvalue weighted by Crippen LogP contribution is 2.40. The summed E-state index contributed by atoms with van der Waals surface area (Å²) in [5, 5.41) is 27.7. The standard InChI is InChI=1S/C42H53N3O6Si/c1-28(43-25-40(51-52(6,7)42(2,3)4)31-17-19-37(47)33(22-31)26-46)20-30-16-18-35-32(21-30)23-36(45-35)41(48)44-24-34-38(49-5)14-11-15-39(34)50-27-29-12-9-8-10-13-29/h8-19,21-23,28,40,43,45-47H,20,24-27H2,1-7H3,(H,44,48)/t28-,40+/m1/s1. The van der Waals surface area contributed by atoms with E-state index in [2.05, 4.69) is 68.5 Å². The number of phenols is 1. The summed E-state index contributed by atoms with van der Waals surface area (Å²) in [7, 11) is -0.530. The molecule has 0 saturated heterocycles. The number of H-pyrrole nitrogens is 1. The highest BCUT2D eigenvalue weighted by molar-refractivity contribution is 6.74. The Morgan fingerprint density at radius 3 is 2.38 bits per heavy atom. The number of aromatic hydroxyl groups is 1. The molecule has 0 spiro atoms. The third-order valence-corrected chi connectivity index (χ3v) is 14.5. The second kappa shape index (κ2) is 16.8. The topological polar surface area (TPSA) is 125 Å². The molecule has 52 heavy (non-hydrogen) atoms. The van der Waals surface area contributed by atoms with Gasteiger partial charge in [0.15, 0.2) is 8.32 Å². The molecule has 0 unspecified atom stereocenters. The number of ether oxygens (including phenoxy) is 2. The smallest absolute Gasteiger partial charge is 0.268 e. The molecule has 5 aromatic rings. The normalized spacial score (nSPS) is 13.2. The number of hydrogen-bond acceptors (Lipinski definition) is 7. The molecule has 0 aliphatic carbocycles. The Morgan fingerprint density at radius 2 is 1.67 bits per heavy atom. The average Bonchev–Trinajstić information content (AvgIpc) is 3.55. The van der Waals surface area contributed by atoms with Crippen LogP contribution in [0.2, 0.25) is 18.1 Å². The van der Waals surface area contributed by atoms with Gasteiger partial charge < -0.3 is 39.7 Å². The third kappa shape index (κ3) is 9.63. The van der Waals surface area contributed by atoms with Crippen LogP contribution in [0.15, 0.2) is 91.0 Å². The number of nitrogens with one attached hydrogen (secondary N) is 3. The fraction of sp³-hybridized carbons (Fsp3) is 0.357. The molecular formula is C42H53N3O6Si. The summed E-state index contributed by atoms with van der Waals surface area (Å²) in [4.78, 5) is 16.6. The van der Waals surface area contributed by atoms with E-state index in [-0.39, 0.29) is 42.0 Å². The third-order valence-electron chi connectivity index (χ3n) is 9.98. The number of benzene rings is 4. The van der Waals surface area contributed by atoms with Crippen LogP contribution >= 0.6 is 0 Å². The van der Waals surface area contributed by atoms with E-state index >= 15 is 0 Å². The van der Waals surface area contributed by atoms with E-state index in [1.54, 1.807) is 13.2 Å². The van der Waals surface area contributed by atoms with E-state index in [1.165, 1.54) is 0 Å². The summed E-state index contributed by atoms with van der Waals surface area (Å²) in [6, 6.07) is 29.1. The maximum Gasteiger partial charge on any atom is 0.268 e. The summed E-state index contributed by atoms with van der Waals surface area (Å²) < 4.78 is 18.6. The minimum Gasteiger partial charge on any atom is -0.508 e. The van der Waals surface area contributed by atoms with E-state index in [9.17, 15) is 15.0 Å². The molecule has 0 aliphatic rings. The second-order valence-corrected chi connectivity index (χ2v) is 19.7. The molecule has 5 N–H and O–H groups in total. The highest BCUT2D eigenvalue weighted by atomic mass is 28.4. The summed E-state index contributed by atoms with van der Waals surface area (Å²) in [6.07, 6.45) is 0.525. The molecule has 9 nitrogen and oxygen atoms in total. The summed E-state index contributed by atoms with van der Waals surface area (Å²) in [5.74, 6) is 1.15. The van der Waals surface area contributed by atoms with Crippen LogP contribution in [-0.2, 0) is 30.6 Å². The molecule has 1 heterocycles. The lowest BCUT2D eigenvalue weighted by atomic mass is 10.0. The molecular weight excluding hydrogens is 671 g/mol. The number of aromatic amines is 1. The largest absolute Gasteiger partial charge is 0.508 e. The van der Waals surface area contributed by atoms with Crippen molar-refractivity contribution in [2.45, 2.75) is 84.2 Å². The summed E-state index contributed by atoms with van der Waals surface area (Å²) in [6.45, 7) is 14.2. The van der Waals surface area contributed by atoms with Gasteiger partial charge in [-0.3, -0.25) is 4.79 Å². The van der Waals surface area contributed by atoms with E-state index in [4.69, 9.17) is 13.9 Å². The monoisotopic (exact) mass is 723 g/mol. The number of aliphatic hydroxyl groups excluding tert-OH is 1. The maximum atomic E-state index is 13.4. The van der Waals surface area contributed by atoms with Gasteiger partial charge in [-0.1, -0.05) is 69.3 Å². The van der Waals surface area contributed by atoms with Gasteiger partial charge >= 0.3 is 0 Å². The Bertz CT molecular complexity index is 1950. The molecule has 1 amide bonds. The number of fused-ring (bicyclic) bond motifs is 1. The predicted octanol–water partition coefficient (Wildman–Crippen LogP) is 8.17. The van der Waals surface area contributed by atoms with Crippen molar-refractivity contribution in [2.75, 3.05) is 13.7 Å². The van der Waals surface area contributed by atoms with Crippen molar-refractivity contribution < 1.29 is 28.9 Å². The van der Waals surface area contributed by atoms with Crippen molar-refractivity contribution in [3.05, 3.63) is 125 Å². The highest BCUT2D eigenvalue weighted by Gasteiger charge is 2.39. The van der Waals surface area contributed by atoms with E-state index < -0.39 is 8.32 Å². The number of carbonyl (C=O) groups excluding carboxylic acids is 1. The zero-order chi connectivity index (χ0) is 37.5. The lowest BCUT2D eigenvalue weighted by Crippen LogP contribution is -2.44. The van der Waals surface area contributed by atoms with Crippen LogP contribution in [0.5, 0.6) is 17.2 Å². The van der Waals surface area contributed by atoms with Crippen molar-refractivity contribution in [1.82, 2.24) is 15.6 Å². The van der Waals surface area contributed by atoms with Crippen LogP contribution in [0.4, 0.5) is 0 Å². The number of rotatable bonds is 16. The van der Waals surface area contributed by atoms with Crippen LogP contribution in [0.1, 0.15) is 72.1 Å². The van der Waals surface area contributed by atoms with Gasteiger partial charge in [0.1, 0.15) is 29.5 Å². The zero-order valence-electron chi connectivity index (χ0n) is 31.4. The molecule has 0 radical (unpaired) electrons. The molecule has 2 atom stereocenters. The SMILES string of the molecule is COc1cccc(OCc2ccccc2)c1CNC(=O)c1cc2cc(C[C@@H](C)NC[C@H](O[Si](C)(C)C(C)(C)C)c3ccc(O)c(CO)c3)ccc2[nH]1. The zero-order valence-corrected chi connectivity index (χ0v) is 32.4.